The van der Waals surface area contributed by atoms with Gasteiger partial charge in [-0.15, -0.1) is 0 Å². The summed E-state index contributed by atoms with van der Waals surface area (Å²) in [4.78, 5) is 2.27. The zero-order valence-electron chi connectivity index (χ0n) is 12.7. The molecule has 3 atom stereocenters. The van der Waals surface area contributed by atoms with E-state index in [0.29, 0.717) is 12.0 Å². The van der Waals surface area contributed by atoms with E-state index in [0.717, 1.165) is 12.5 Å². The van der Waals surface area contributed by atoms with E-state index in [-0.39, 0.29) is 12.1 Å². The van der Waals surface area contributed by atoms with Crippen molar-refractivity contribution in [2.24, 2.45) is 17.6 Å². The third-order valence-electron chi connectivity index (χ3n) is 4.78. The summed E-state index contributed by atoms with van der Waals surface area (Å²) in [6, 6.07) is 0.343. The van der Waals surface area contributed by atoms with Crippen molar-refractivity contribution in [1.82, 2.24) is 4.90 Å². The Morgan fingerprint density at radius 2 is 2.00 bits per heavy atom. The van der Waals surface area contributed by atoms with Crippen molar-refractivity contribution in [2.75, 3.05) is 20.2 Å². The topological polar surface area (TPSA) is 49.5 Å². The molecular formula is C15H32N2O. The lowest BCUT2D eigenvalue weighted by molar-refractivity contribution is 0.0513. The molecule has 0 radical (unpaired) electrons. The van der Waals surface area contributed by atoms with Crippen LogP contribution in [0.2, 0.25) is 0 Å². The molecule has 0 heterocycles. The summed E-state index contributed by atoms with van der Waals surface area (Å²) < 4.78 is 0. The molecule has 1 rings (SSSR count). The molecule has 0 saturated heterocycles. The molecule has 3 N–H and O–H groups in total. The Balaban J connectivity index is 2.53. The first-order chi connectivity index (χ1) is 8.40. The zero-order chi connectivity index (χ0) is 13.8. The minimum atomic E-state index is -0.141. The minimum absolute atomic E-state index is 0.141. The molecule has 0 aromatic heterocycles. The van der Waals surface area contributed by atoms with Crippen molar-refractivity contribution in [3.63, 3.8) is 0 Å². The van der Waals surface area contributed by atoms with Crippen molar-refractivity contribution in [3.8, 4) is 0 Å². The van der Waals surface area contributed by atoms with E-state index in [2.05, 4.69) is 32.7 Å². The molecule has 0 aromatic carbocycles. The predicted octanol–water partition coefficient (Wildman–Crippen LogP) is 2.23. The molecule has 1 saturated carbocycles. The highest BCUT2D eigenvalue weighted by Gasteiger charge is 2.31. The molecule has 0 amide bonds. The largest absolute Gasteiger partial charge is 0.394 e. The first-order valence-corrected chi connectivity index (χ1v) is 7.48. The second kappa shape index (κ2) is 6.88. The molecule has 1 aliphatic rings. The fourth-order valence-corrected chi connectivity index (χ4v) is 2.98. The van der Waals surface area contributed by atoms with Gasteiger partial charge in [0.1, 0.15) is 0 Å². The van der Waals surface area contributed by atoms with Gasteiger partial charge in [0.05, 0.1) is 6.61 Å². The van der Waals surface area contributed by atoms with Gasteiger partial charge in [-0.2, -0.15) is 0 Å². The van der Waals surface area contributed by atoms with E-state index >= 15 is 0 Å². The molecule has 1 aliphatic carbocycles. The van der Waals surface area contributed by atoms with Gasteiger partial charge in [0, 0.05) is 18.1 Å². The van der Waals surface area contributed by atoms with Gasteiger partial charge in [0.15, 0.2) is 0 Å². The van der Waals surface area contributed by atoms with Gasteiger partial charge in [-0.3, -0.25) is 4.90 Å². The number of likely N-dealkylation sites (N-methyl/N-ethyl adjacent to an activating group) is 1. The first-order valence-electron chi connectivity index (χ1n) is 7.48. The Hall–Kier alpha value is -0.120. The summed E-state index contributed by atoms with van der Waals surface area (Å²) in [6.07, 6.45) is 6.36. The summed E-state index contributed by atoms with van der Waals surface area (Å²) in [5, 5.41) is 9.42. The lowest BCUT2D eigenvalue weighted by Crippen LogP contribution is -2.50. The Labute approximate surface area is 113 Å². The second-order valence-corrected chi connectivity index (χ2v) is 6.74. The monoisotopic (exact) mass is 256 g/mol. The highest BCUT2D eigenvalue weighted by Crippen LogP contribution is 2.32. The van der Waals surface area contributed by atoms with Gasteiger partial charge in [-0.05, 0) is 52.0 Å². The quantitative estimate of drug-likeness (QED) is 0.766. The van der Waals surface area contributed by atoms with Gasteiger partial charge < -0.3 is 10.8 Å². The lowest BCUT2D eigenvalue weighted by Gasteiger charge is -2.41. The molecule has 0 spiro atoms. The van der Waals surface area contributed by atoms with Crippen molar-refractivity contribution >= 4 is 0 Å². The van der Waals surface area contributed by atoms with E-state index < -0.39 is 0 Å². The summed E-state index contributed by atoms with van der Waals surface area (Å²) in [5.74, 6) is 1.46. The Kier molecular flexibility index (Phi) is 6.09. The molecule has 3 nitrogen and oxygen atoms in total. The van der Waals surface area contributed by atoms with Crippen LogP contribution < -0.4 is 5.73 Å². The summed E-state index contributed by atoms with van der Waals surface area (Å²) in [6.45, 7) is 7.65. The van der Waals surface area contributed by atoms with Crippen LogP contribution in [-0.4, -0.2) is 41.8 Å². The highest BCUT2D eigenvalue weighted by molar-refractivity contribution is 4.87. The van der Waals surface area contributed by atoms with E-state index in [1.807, 2.05) is 0 Å². The third kappa shape index (κ3) is 4.22. The van der Waals surface area contributed by atoms with Gasteiger partial charge in [-0.25, -0.2) is 0 Å². The zero-order valence-corrected chi connectivity index (χ0v) is 12.7. The van der Waals surface area contributed by atoms with Crippen molar-refractivity contribution in [2.45, 2.75) is 64.5 Å². The smallest absolute Gasteiger partial charge is 0.0609 e. The number of rotatable bonds is 6. The standard InChI is InChI=1S/C15H32N2O/c1-5-6-12-7-8-14(16)13(9-12)10-17(4)15(2,3)11-18/h12-14,18H,5-11,16H2,1-4H3. The fourth-order valence-electron chi connectivity index (χ4n) is 2.98. The number of hydrogen-bond donors (Lipinski definition) is 2. The molecule has 3 heteroatoms. The molecule has 0 bridgehead atoms. The molecule has 0 aliphatic heterocycles. The highest BCUT2D eigenvalue weighted by atomic mass is 16.3. The normalized spacial score (nSPS) is 29.8. The Bertz CT molecular complexity index is 243. The average molecular weight is 256 g/mol. The summed E-state index contributed by atoms with van der Waals surface area (Å²) in [7, 11) is 2.10. The molecule has 108 valence electrons. The maximum atomic E-state index is 9.42. The molecule has 3 unspecified atom stereocenters. The minimum Gasteiger partial charge on any atom is -0.394 e. The summed E-state index contributed by atoms with van der Waals surface area (Å²) >= 11 is 0. The third-order valence-corrected chi connectivity index (χ3v) is 4.78. The Morgan fingerprint density at radius 3 is 2.56 bits per heavy atom. The van der Waals surface area contributed by atoms with E-state index in [9.17, 15) is 5.11 Å². The van der Waals surface area contributed by atoms with Gasteiger partial charge >= 0.3 is 0 Å². The van der Waals surface area contributed by atoms with Crippen LogP contribution in [-0.2, 0) is 0 Å². The van der Waals surface area contributed by atoms with E-state index in [1.54, 1.807) is 0 Å². The predicted molar refractivity (Wildman–Crippen MR) is 77.5 cm³/mol. The van der Waals surface area contributed by atoms with Crippen LogP contribution >= 0.6 is 0 Å². The number of nitrogens with zero attached hydrogens (tertiary/aromatic N) is 1. The van der Waals surface area contributed by atoms with Crippen LogP contribution in [0.15, 0.2) is 0 Å². The van der Waals surface area contributed by atoms with Gasteiger partial charge in [0.25, 0.3) is 0 Å². The molecule has 18 heavy (non-hydrogen) atoms. The average Bonchev–Trinajstić information content (AvgIpc) is 2.33. The molecule has 0 aromatic rings. The maximum absolute atomic E-state index is 9.42. The number of aliphatic hydroxyl groups is 1. The SMILES string of the molecule is CCCC1CCC(N)C(CN(C)C(C)(C)CO)C1. The van der Waals surface area contributed by atoms with E-state index in [4.69, 9.17) is 5.73 Å². The number of nitrogens with two attached hydrogens (primary N) is 1. The van der Waals surface area contributed by atoms with Crippen LogP contribution in [0.5, 0.6) is 0 Å². The van der Waals surface area contributed by atoms with Crippen LogP contribution in [0.3, 0.4) is 0 Å². The fraction of sp³-hybridized carbons (Fsp3) is 1.00. The van der Waals surface area contributed by atoms with Crippen LogP contribution in [0.25, 0.3) is 0 Å². The number of aliphatic hydroxyl groups excluding tert-OH is 1. The second-order valence-electron chi connectivity index (χ2n) is 6.74. The Morgan fingerprint density at radius 1 is 1.33 bits per heavy atom. The van der Waals surface area contributed by atoms with E-state index in [1.165, 1.54) is 32.1 Å². The lowest BCUT2D eigenvalue weighted by atomic mass is 9.76. The summed E-state index contributed by atoms with van der Waals surface area (Å²) in [5.41, 5.74) is 6.14. The first kappa shape index (κ1) is 15.9. The van der Waals surface area contributed by atoms with Gasteiger partial charge in [0.2, 0.25) is 0 Å². The van der Waals surface area contributed by atoms with Crippen LogP contribution in [0, 0.1) is 11.8 Å². The molecular weight excluding hydrogens is 224 g/mol. The van der Waals surface area contributed by atoms with Crippen molar-refractivity contribution < 1.29 is 5.11 Å². The number of hydrogen-bond acceptors (Lipinski definition) is 3. The van der Waals surface area contributed by atoms with Crippen molar-refractivity contribution in [1.29, 1.82) is 0 Å². The molecule has 1 fully saturated rings. The van der Waals surface area contributed by atoms with Crippen molar-refractivity contribution in [3.05, 3.63) is 0 Å². The van der Waals surface area contributed by atoms with Gasteiger partial charge in [-0.1, -0.05) is 19.8 Å². The maximum Gasteiger partial charge on any atom is 0.0609 e. The van der Waals surface area contributed by atoms with Crippen LogP contribution in [0.1, 0.15) is 52.9 Å². The van der Waals surface area contributed by atoms with Crippen LogP contribution in [0.4, 0.5) is 0 Å².